The predicted molar refractivity (Wildman–Crippen MR) is 254 cm³/mol. The van der Waals surface area contributed by atoms with Gasteiger partial charge in [0.1, 0.15) is 0 Å². The Labute approximate surface area is 364 Å². The molecule has 0 aliphatic carbocycles. The molecule has 0 atom stereocenters. The van der Waals surface area contributed by atoms with Gasteiger partial charge in [-0.1, -0.05) is 216 Å². The minimum atomic E-state index is -0.921. The van der Waals surface area contributed by atoms with E-state index in [0.717, 1.165) is 56.4 Å². The van der Waals surface area contributed by atoms with Gasteiger partial charge in [-0.25, -0.2) is 15.0 Å². The van der Waals surface area contributed by atoms with Gasteiger partial charge >= 0.3 is 17.1 Å². The van der Waals surface area contributed by atoms with Crippen LogP contribution in [-0.2, 0) is 17.1 Å². The Kier molecular flexibility index (Phi) is 21.4. The number of benzene rings is 4. The first-order chi connectivity index (χ1) is 26.8. The topological polar surface area (TPSA) is 37.6 Å². The van der Waals surface area contributed by atoms with Gasteiger partial charge in [-0.15, -0.1) is 0 Å². The first kappa shape index (κ1) is 49.8. The van der Waals surface area contributed by atoms with Crippen LogP contribution in [0.15, 0.2) is 125 Å². The molecule has 7 heteroatoms. The summed E-state index contributed by atoms with van der Waals surface area (Å²) in [5.74, 6) is 0.339. The standard InChI is InChI=1S/C36H32ClN3.2C7H17Si.Fe/c1-24(2)29-20-11-14-25(3)33(29)39-35(27-16-7-5-8-17-27)31-22-13-23-32(38-31)36(28-18-9-6-10-19-28)40-34-26(4)15-12-21-30(34)37;2*1-5-8(4,6-2)7-3;/h5-24H,1-4H3;2*4-7H2,1-3H3;/q;2*-1;+2. The Bertz CT molecular complexity index is 1950. The van der Waals surface area contributed by atoms with Gasteiger partial charge in [-0.05, 0) is 54.7 Å². The molecule has 4 aromatic carbocycles. The molecular formula is C50H66ClFeN3Si2. The van der Waals surface area contributed by atoms with Crippen molar-refractivity contribution in [1.82, 2.24) is 4.98 Å². The van der Waals surface area contributed by atoms with Crippen molar-refractivity contribution in [3.8, 4) is 0 Å². The second-order valence-electron chi connectivity index (χ2n) is 15.3. The molecule has 5 aromatic rings. The molecule has 0 bridgehead atoms. The number of hydrogen-bond acceptors (Lipinski definition) is 3. The molecule has 1 aromatic heterocycles. The van der Waals surface area contributed by atoms with E-state index in [0.29, 0.717) is 10.9 Å². The summed E-state index contributed by atoms with van der Waals surface area (Å²) in [6.45, 7) is 30.7. The van der Waals surface area contributed by atoms with Crippen LogP contribution in [0.5, 0.6) is 0 Å². The van der Waals surface area contributed by atoms with E-state index in [4.69, 9.17) is 26.6 Å². The fourth-order valence-electron chi connectivity index (χ4n) is 6.22. The van der Waals surface area contributed by atoms with Gasteiger partial charge in [0.25, 0.3) is 0 Å². The number of rotatable bonds is 13. The second kappa shape index (κ2) is 24.5. The van der Waals surface area contributed by atoms with Crippen molar-refractivity contribution in [2.24, 2.45) is 9.98 Å². The van der Waals surface area contributed by atoms with Gasteiger partial charge < -0.3 is 13.1 Å². The van der Waals surface area contributed by atoms with Crippen LogP contribution < -0.4 is 0 Å². The molecule has 0 saturated carbocycles. The number of hydrogen-bond donors (Lipinski definition) is 0. The zero-order valence-electron chi connectivity index (χ0n) is 36.3. The molecule has 0 aliphatic rings. The SMILES string of the molecule is Cc1cccc(Cl)c1N=C(c1ccccc1)c1cccc(C(=Nc2c(C)cccc2C(C)C)c2ccccc2)n1.[CH2-][Si](CC)(CC)CC.[CH2-][Si](CC)(CC)CC.[Fe+2]. The first-order valence-corrected chi connectivity index (χ1v) is 26.6. The molecule has 1 heterocycles. The summed E-state index contributed by atoms with van der Waals surface area (Å²) in [6, 6.07) is 46.7. The van der Waals surface area contributed by atoms with Crippen molar-refractivity contribution in [1.29, 1.82) is 0 Å². The molecule has 0 unspecified atom stereocenters. The summed E-state index contributed by atoms with van der Waals surface area (Å²) in [6.07, 6.45) is 0. The van der Waals surface area contributed by atoms with Crippen LogP contribution >= 0.6 is 11.6 Å². The molecule has 0 fully saturated rings. The Morgan fingerprint density at radius 3 is 1.28 bits per heavy atom. The fraction of sp³-hybridized carbons (Fsp3) is 0.340. The van der Waals surface area contributed by atoms with E-state index >= 15 is 0 Å². The van der Waals surface area contributed by atoms with E-state index in [9.17, 15) is 0 Å². The van der Waals surface area contributed by atoms with Gasteiger partial charge in [0.2, 0.25) is 0 Å². The predicted octanol–water partition coefficient (Wildman–Crippen LogP) is 15.5. The van der Waals surface area contributed by atoms with Crippen LogP contribution in [0.1, 0.15) is 101 Å². The van der Waals surface area contributed by atoms with Crippen molar-refractivity contribution in [2.75, 3.05) is 0 Å². The summed E-state index contributed by atoms with van der Waals surface area (Å²) in [5, 5.41) is 0.608. The molecule has 304 valence electrons. The number of para-hydroxylation sites is 2. The largest absolute Gasteiger partial charge is 2.00 e. The molecule has 0 radical (unpaired) electrons. The number of pyridine rings is 1. The number of nitrogens with zero attached hydrogens (tertiary/aromatic N) is 3. The third-order valence-electron chi connectivity index (χ3n) is 11.4. The van der Waals surface area contributed by atoms with Crippen LogP contribution in [0.3, 0.4) is 0 Å². The van der Waals surface area contributed by atoms with Gasteiger partial charge in [0.15, 0.2) is 0 Å². The Morgan fingerprint density at radius 1 is 0.544 bits per heavy atom. The van der Waals surface area contributed by atoms with Crippen molar-refractivity contribution >= 4 is 50.5 Å². The number of halogens is 1. The van der Waals surface area contributed by atoms with Gasteiger partial charge in [-0.2, -0.15) is 0 Å². The third kappa shape index (κ3) is 14.4. The zero-order valence-corrected chi connectivity index (χ0v) is 40.1. The average molecular weight is 857 g/mol. The molecule has 0 N–H and O–H groups in total. The van der Waals surface area contributed by atoms with Crippen molar-refractivity contribution < 1.29 is 17.1 Å². The van der Waals surface area contributed by atoms with Crippen molar-refractivity contribution in [3.05, 3.63) is 173 Å². The molecule has 0 spiro atoms. The molecule has 5 rings (SSSR count). The molecule has 3 nitrogen and oxygen atoms in total. The van der Waals surface area contributed by atoms with Crippen molar-refractivity contribution in [2.45, 2.75) is 111 Å². The Hall–Kier alpha value is -3.39. The van der Waals surface area contributed by atoms with E-state index in [2.05, 4.69) is 106 Å². The summed E-state index contributed by atoms with van der Waals surface area (Å²) in [4.78, 5) is 15.6. The first-order valence-electron chi connectivity index (χ1n) is 20.6. The molecule has 57 heavy (non-hydrogen) atoms. The summed E-state index contributed by atoms with van der Waals surface area (Å²) in [7, 11) is -1.84. The van der Waals surface area contributed by atoms with E-state index in [1.165, 1.54) is 41.8 Å². The molecule has 0 saturated heterocycles. The maximum Gasteiger partial charge on any atom is 2.00 e. The molecular weight excluding hydrogens is 790 g/mol. The van der Waals surface area contributed by atoms with Crippen LogP contribution in [0, 0.1) is 26.9 Å². The van der Waals surface area contributed by atoms with E-state index in [-0.39, 0.29) is 17.1 Å². The van der Waals surface area contributed by atoms with Gasteiger partial charge in [0.05, 0.1) is 39.2 Å². The maximum atomic E-state index is 6.61. The average Bonchev–Trinajstić information content (AvgIpc) is 3.23. The van der Waals surface area contributed by atoms with Gasteiger partial charge in [0, 0.05) is 11.1 Å². The Balaban J connectivity index is 0.000000556. The number of aryl methyl sites for hydroxylation is 2. The minimum absolute atomic E-state index is 0. The number of aromatic nitrogens is 1. The van der Waals surface area contributed by atoms with Crippen LogP contribution in [-0.4, -0.2) is 32.6 Å². The minimum Gasteiger partial charge on any atom is -0.342 e. The summed E-state index contributed by atoms with van der Waals surface area (Å²) >= 11 is 6.61. The van der Waals surface area contributed by atoms with Gasteiger partial charge in [-0.3, -0.25) is 0 Å². The quantitative estimate of drug-likeness (QED) is 0.0660. The Morgan fingerprint density at radius 2 is 0.912 bits per heavy atom. The van der Waals surface area contributed by atoms with Crippen LogP contribution in [0.4, 0.5) is 11.4 Å². The third-order valence-corrected chi connectivity index (χ3v) is 20.7. The van der Waals surface area contributed by atoms with E-state index < -0.39 is 16.1 Å². The maximum absolute atomic E-state index is 6.61. The summed E-state index contributed by atoms with van der Waals surface area (Å²) < 4.78 is 0. The monoisotopic (exact) mass is 855 g/mol. The van der Waals surface area contributed by atoms with E-state index in [1.54, 1.807) is 0 Å². The second-order valence-corrected chi connectivity index (χ2v) is 25.9. The van der Waals surface area contributed by atoms with E-state index in [1.807, 2.05) is 91.9 Å². The zero-order chi connectivity index (χ0) is 41.3. The fourth-order valence-corrected chi connectivity index (χ4v) is 9.48. The summed E-state index contributed by atoms with van der Waals surface area (Å²) in [5.41, 5.74) is 10.2. The van der Waals surface area contributed by atoms with Crippen LogP contribution in [0.2, 0.25) is 41.3 Å². The normalized spacial score (nSPS) is 11.9. The number of aliphatic imine (C=N–C) groups is 2. The molecule has 0 aliphatic heterocycles. The molecule has 0 amide bonds. The van der Waals surface area contributed by atoms with Crippen molar-refractivity contribution in [3.63, 3.8) is 0 Å². The smallest absolute Gasteiger partial charge is 0.342 e. The van der Waals surface area contributed by atoms with Crippen LogP contribution in [0.25, 0.3) is 0 Å².